The van der Waals surface area contributed by atoms with Crippen molar-refractivity contribution >= 4 is 27.2 Å². The van der Waals surface area contributed by atoms with E-state index in [0.717, 1.165) is 12.3 Å². The van der Waals surface area contributed by atoms with E-state index in [1.54, 1.807) is 0 Å². The van der Waals surface area contributed by atoms with Crippen LogP contribution in [0.3, 0.4) is 0 Å². The summed E-state index contributed by atoms with van der Waals surface area (Å²) in [5.41, 5.74) is 3.73. The minimum Gasteiger partial charge on any atom is -0.472 e. The van der Waals surface area contributed by atoms with E-state index in [1.807, 2.05) is 0 Å². The van der Waals surface area contributed by atoms with Crippen LogP contribution in [0.4, 0.5) is 5.69 Å². The highest BCUT2D eigenvalue weighted by atomic mass is 16.5. The molecule has 0 N–H and O–H groups in total. The zero-order valence-corrected chi connectivity index (χ0v) is 14.2. The first-order valence-electron chi connectivity index (χ1n) is 8.67. The van der Waals surface area contributed by atoms with E-state index in [4.69, 9.17) is 4.74 Å². The van der Waals surface area contributed by atoms with Crippen LogP contribution in [0.2, 0.25) is 0 Å². The maximum absolute atomic E-state index is 6.21. The van der Waals surface area contributed by atoms with Gasteiger partial charge < -0.3 is 9.64 Å². The largest absolute Gasteiger partial charge is 0.472 e. The van der Waals surface area contributed by atoms with Crippen LogP contribution in [-0.4, -0.2) is 6.73 Å². The molecule has 0 atom stereocenters. The van der Waals surface area contributed by atoms with E-state index in [-0.39, 0.29) is 0 Å². The molecule has 0 bridgehead atoms. The molecule has 2 nitrogen and oxygen atoms in total. The Morgan fingerprint density at radius 2 is 1.56 bits per heavy atom. The van der Waals surface area contributed by atoms with Gasteiger partial charge in [0, 0.05) is 23.2 Å². The quantitative estimate of drug-likeness (QED) is 0.419. The van der Waals surface area contributed by atoms with Gasteiger partial charge in [0.25, 0.3) is 0 Å². The summed E-state index contributed by atoms with van der Waals surface area (Å²) in [5, 5.41) is 4.97. The number of hydrogen-bond acceptors (Lipinski definition) is 2. The van der Waals surface area contributed by atoms with Crippen molar-refractivity contribution in [1.82, 2.24) is 0 Å². The van der Waals surface area contributed by atoms with Gasteiger partial charge in [0.2, 0.25) is 0 Å². The number of fused-ring (bicyclic) bond motifs is 4. The number of ether oxygens (including phenoxy) is 1. The summed E-state index contributed by atoms with van der Waals surface area (Å²) in [6.45, 7) is 3.57. The fourth-order valence-electron chi connectivity index (χ4n) is 3.64. The second kappa shape index (κ2) is 5.52. The second-order valence-corrected chi connectivity index (χ2v) is 6.78. The van der Waals surface area contributed by atoms with Crippen LogP contribution < -0.4 is 9.64 Å². The predicted molar refractivity (Wildman–Crippen MR) is 104 cm³/mol. The van der Waals surface area contributed by atoms with Crippen LogP contribution in [0, 0.1) is 6.92 Å². The van der Waals surface area contributed by atoms with Crippen molar-refractivity contribution in [3.05, 3.63) is 83.9 Å². The minimum atomic E-state index is 0.585. The van der Waals surface area contributed by atoms with Crippen molar-refractivity contribution in [2.75, 3.05) is 11.6 Å². The molecule has 0 amide bonds. The first-order valence-corrected chi connectivity index (χ1v) is 8.67. The van der Waals surface area contributed by atoms with E-state index < -0.39 is 0 Å². The normalized spacial score (nSPS) is 13.7. The van der Waals surface area contributed by atoms with Crippen LogP contribution in [-0.2, 0) is 6.54 Å². The lowest BCUT2D eigenvalue weighted by Crippen LogP contribution is -2.31. The molecule has 0 unspecified atom stereocenters. The maximum atomic E-state index is 6.21. The zero-order valence-electron chi connectivity index (χ0n) is 14.2. The summed E-state index contributed by atoms with van der Waals surface area (Å²) >= 11 is 0. The number of rotatable bonds is 1. The van der Waals surface area contributed by atoms with Gasteiger partial charge >= 0.3 is 0 Å². The van der Waals surface area contributed by atoms with Gasteiger partial charge in [0.1, 0.15) is 5.75 Å². The Hall–Kier alpha value is -3.00. The minimum absolute atomic E-state index is 0.585. The van der Waals surface area contributed by atoms with Gasteiger partial charge in [-0.15, -0.1) is 0 Å². The molecule has 122 valence electrons. The summed E-state index contributed by atoms with van der Waals surface area (Å²) in [6, 6.07) is 26.0. The predicted octanol–water partition coefficient (Wildman–Crippen LogP) is 5.66. The number of aryl methyl sites for hydroxylation is 1. The first-order chi connectivity index (χ1) is 12.3. The summed E-state index contributed by atoms with van der Waals surface area (Å²) in [7, 11) is 0. The van der Waals surface area contributed by atoms with Crippen LogP contribution >= 0.6 is 0 Å². The van der Waals surface area contributed by atoms with Crippen LogP contribution in [0.5, 0.6) is 5.75 Å². The molecular weight excluding hydrogens is 306 g/mol. The van der Waals surface area contributed by atoms with Crippen molar-refractivity contribution in [2.24, 2.45) is 0 Å². The Balaban J connectivity index is 1.59. The summed E-state index contributed by atoms with van der Waals surface area (Å²) in [6.07, 6.45) is 0. The van der Waals surface area contributed by atoms with Crippen molar-refractivity contribution in [3.8, 4) is 5.75 Å². The van der Waals surface area contributed by atoms with Crippen molar-refractivity contribution < 1.29 is 4.74 Å². The SMILES string of the molecule is Cc1ccc(N2COc3c(ccc4cc5ccccc5cc34)C2)cc1. The van der Waals surface area contributed by atoms with Crippen LogP contribution in [0.25, 0.3) is 21.5 Å². The molecule has 0 saturated heterocycles. The molecule has 0 aromatic heterocycles. The van der Waals surface area contributed by atoms with Crippen molar-refractivity contribution in [3.63, 3.8) is 0 Å². The lowest BCUT2D eigenvalue weighted by Gasteiger charge is -2.31. The molecule has 5 rings (SSSR count). The molecule has 1 heterocycles. The third-order valence-corrected chi connectivity index (χ3v) is 5.04. The Bertz CT molecular complexity index is 1080. The van der Waals surface area contributed by atoms with Gasteiger partial charge in [-0.05, 0) is 47.3 Å². The van der Waals surface area contributed by atoms with Gasteiger partial charge in [0.15, 0.2) is 6.73 Å². The summed E-state index contributed by atoms with van der Waals surface area (Å²) in [4.78, 5) is 2.27. The average molecular weight is 325 g/mol. The molecular formula is C23H19NO. The van der Waals surface area contributed by atoms with E-state index >= 15 is 0 Å². The topological polar surface area (TPSA) is 12.5 Å². The second-order valence-electron chi connectivity index (χ2n) is 6.78. The smallest absolute Gasteiger partial charge is 0.161 e. The molecule has 0 fully saturated rings. The molecule has 4 aromatic carbocycles. The molecule has 2 heteroatoms. The molecule has 0 spiro atoms. The third kappa shape index (κ3) is 2.42. The van der Waals surface area contributed by atoms with E-state index in [9.17, 15) is 0 Å². The Kier molecular flexibility index (Phi) is 3.17. The van der Waals surface area contributed by atoms with Gasteiger partial charge in [-0.1, -0.05) is 54.1 Å². The zero-order chi connectivity index (χ0) is 16.8. The summed E-state index contributed by atoms with van der Waals surface area (Å²) in [5.74, 6) is 1.03. The first kappa shape index (κ1) is 14.4. The highest BCUT2D eigenvalue weighted by Crippen LogP contribution is 2.37. The average Bonchev–Trinajstić information content (AvgIpc) is 2.66. The number of nitrogens with zero attached hydrogens (tertiary/aromatic N) is 1. The van der Waals surface area contributed by atoms with E-state index in [1.165, 1.54) is 38.4 Å². The lowest BCUT2D eigenvalue weighted by atomic mass is 9.99. The fourth-order valence-corrected chi connectivity index (χ4v) is 3.64. The van der Waals surface area contributed by atoms with Gasteiger partial charge in [0.05, 0.1) is 0 Å². The highest BCUT2D eigenvalue weighted by Gasteiger charge is 2.20. The van der Waals surface area contributed by atoms with Gasteiger partial charge in [-0.25, -0.2) is 0 Å². The standard InChI is InChI=1S/C23H19NO/c1-16-6-10-21(11-7-16)24-14-20-9-8-19-12-17-4-2-3-5-18(17)13-22(19)23(20)25-15-24/h2-13H,14-15H2,1H3. The van der Waals surface area contributed by atoms with Gasteiger partial charge in [-0.2, -0.15) is 0 Å². The molecule has 1 aliphatic heterocycles. The van der Waals surface area contributed by atoms with Crippen molar-refractivity contribution in [2.45, 2.75) is 13.5 Å². The molecule has 0 radical (unpaired) electrons. The molecule has 1 aliphatic rings. The van der Waals surface area contributed by atoms with Gasteiger partial charge in [-0.3, -0.25) is 0 Å². The molecule has 0 saturated carbocycles. The van der Waals surface area contributed by atoms with Crippen molar-refractivity contribution in [1.29, 1.82) is 0 Å². The summed E-state index contributed by atoms with van der Waals surface area (Å²) < 4.78 is 6.21. The maximum Gasteiger partial charge on any atom is 0.161 e. The molecule has 25 heavy (non-hydrogen) atoms. The molecule has 0 aliphatic carbocycles. The number of hydrogen-bond donors (Lipinski definition) is 0. The highest BCUT2D eigenvalue weighted by molar-refractivity contribution is 6.01. The fraction of sp³-hybridized carbons (Fsp3) is 0.130. The molecule has 4 aromatic rings. The Morgan fingerprint density at radius 3 is 2.36 bits per heavy atom. The Labute approximate surface area is 147 Å². The Morgan fingerprint density at radius 1 is 0.800 bits per heavy atom. The van der Waals surface area contributed by atoms with Crippen LogP contribution in [0.1, 0.15) is 11.1 Å². The van der Waals surface area contributed by atoms with E-state index in [0.29, 0.717) is 6.73 Å². The van der Waals surface area contributed by atoms with E-state index in [2.05, 4.69) is 84.6 Å². The van der Waals surface area contributed by atoms with Crippen LogP contribution in [0.15, 0.2) is 72.8 Å². The number of anilines is 1. The lowest BCUT2D eigenvalue weighted by molar-refractivity contribution is 0.293. The number of benzene rings is 4. The third-order valence-electron chi connectivity index (χ3n) is 5.04. The monoisotopic (exact) mass is 325 g/mol.